The van der Waals surface area contributed by atoms with Gasteiger partial charge in [-0.25, -0.2) is 0 Å². The average Bonchev–Trinajstić information content (AvgIpc) is 2.82. The van der Waals surface area contributed by atoms with Crippen LogP contribution in [-0.2, 0) is 9.53 Å². The molecule has 98 valence electrons. The molecule has 3 N–H and O–H groups in total. The third-order valence-corrected chi connectivity index (χ3v) is 3.51. The van der Waals surface area contributed by atoms with Crippen LogP contribution < -0.4 is 11.1 Å². The zero-order valence-corrected chi connectivity index (χ0v) is 11.0. The van der Waals surface area contributed by atoms with Crippen LogP contribution >= 0.6 is 11.6 Å². The molecule has 0 aromatic heterocycles. The van der Waals surface area contributed by atoms with Gasteiger partial charge in [0.05, 0.1) is 6.10 Å². The first-order valence-corrected chi connectivity index (χ1v) is 6.40. The smallest absolute Gasteiger partial charge is 0.253 e. The van der Waals surface area contributed by atoms with Gasteiger partial charge in [-0.15, -0.1) is 0 Å². The Morgan fingerprint density at radius 1 is 1.56 bits per heavy atom. The van der Waals surface area contributed by atoms with Gasteiger partial charge in [0, 0.05) is 17.3 Å². The molecule has 1 aliphatic rings. The number of carbonyl (C=O) groups excluding carboxylic acids is 1. The Bertz CT molecular complexity index is 451. The predicted octanol–water partition coefficient (Wildman–Crippen LogP) is 2.09. The van der Waals surface area contributed by atoms with Gasteiger partial charge >= 0.3 is 0 Å². The second kappa shape index (κ2) is 5.69. The molecule has 2 atom stereocenters. The lowest BCUT2D eigenvalue weighted by Crippen LogP contribution is -2.29. The lowest BCUT2D eigenvalue weighted by Gasteiger charge is -2.13. The van der Waals surface area contributed by atoms with Crippen LogP contribution in [0.1, 0.15) is 18.4 Å². The Hall–Kier alpha value is -1.10. The number of aryl methyl sites for hydroxylation is 1. The third-order valence-electron chi connectivity index (χ3n) is 3.10. The van der Waals surface area contributed by atoms with Crippen molar-refractivity contribution in [1.82, 2.24) is 0 Å². The topological polar surface area (TPSA) is 64.4 Å². The molecule has 5 heteroatoms. The first-order valence-electron chi connectivity index (χ1n) is 6.02. The van der Waals surface area contributed by atoms with Gasteiger partial charge in [-0.1, -0.05) is 17.7 Å². The zero-order valence-electron chi connectivity index (χ0n) is 10.3. The highest BCUT2D eigenvalue weighted by molar-refractivity contribution is 6.31. The molecule has 0 aliphatic carbocycles. The summed E-state index contributed by atoms with van der Waals surface area (Å²) < 4.78 is 5.53. The molecule has 1 fully saturated rings. The van der Waals surface area contributed by atoms with E-state index in [1.807, 2.05) is 19.1 Å². The molecular weight excluding hydrogens is 252 g/mol. The summed E-state index contributed by atoms with van der Waals surface area (Å²) in [5.74, 6) is -0.133. The molecule has 1 heterocycles. The van der Waals surface area contributed by atoms with E-state index in [1.165, 1.54) is 0 Å². The molecule has 0 unspecified atom stereocenters. The van der Waals surface area contributed by atoms with E-state index in [-0.39, 0.29) is 12.0 Å². The highest BCUT2D eigenvalue weighted by Crippen LogP contribution is 2.23. The number of hydrogen-bond acceptors (Lipinski definition) is 3. The minimum absolute atomic E-state index is 0.00218. The Morgan fingerprint density at radius 3 is 2.94 bits per heavy atom. The van der Waals surface area contributed by atoms with Crippen LogP contribution in [0.15, 0.2) is 18.2 Å². The summed E-state index contributed by atoms with van der Waals surface area (Å²) in [6.45, 7) is 2.38. The maximum atomic E-state index is 12.0. The van der Waals surface area contributed by atoms with Crippen molar-refractivity contribution in [2.24, 2.45) is 5.73 Å². The van der Waals surface area contributed by atoms with E-state index < -0.39 is 6.10 Å². The third kappa shape index (κ3) is 3.02. The molecule has 4 nitrogen and oxygen atoms in total. The molecule has 18 heavy (non-hydrogen) atoms. The van der Waals surface area contributed by atoms with E-state index in [1.54, 1.807) is 6.07 Å². The largest absolute Gasteiger partial charge is 0.364 e. The monoisotopic (exact) mass is 268 g/mol. The van der Waals surface area contributed by atoms with E-state index in [0.717, 1.165) is 12.0 Å². The minimum Gasteiger partial charge on any atom is -0.364 e. The highest BCUT2D eigenvalue weighted by Gasteiger charge is 2.29. The SMILES string of the molecule is Cc1ccc(NC(=O)[C@@H]2CC[C@H](CN)O2)cc1Cl. The molecule has 0 radical (unpaired) electrons. The molecule has 2 rings (SSSR count). The Balaban J connectivity index is 1.97. The maximum absolute atomic E-state index is 12.0. The molecule has 1 aromatic carbocycles. The number of anilines is 1. The molecule has 1 saturated heterocycles. The normalized spacial score (nSPS) is 23.1. The number of ether oxygens (including phenoxy) is 1. The van der Waals surface area contributed by atoms with Crippen molar-refractivity contribution >= 4 is 23.2 Å². The van der Waals surface area contributed by atoms with Gasteiger partial charge in [0.15, 0.2) is 0 Å². The first-order chi connectivity index (χ1) is 8.60. The quantitative estimate of drug-likeness (QED) is 0.882. The van der Waals surface area contributed by atoms with Crippen LogP contribution in [0.4, 0.5) is 5.69 Å². The van der Waals surface area contributed by atoms with Crippen molar-refractivity contribution in [2.45, 2.75) is 32.0 Å². The number of rotatable bonds is 3. The Kier molecular flexibility index (Phi) is 4.22. The average molecular weight is 269 g/mol. The summed E-state index contributed by atoms with van der Waals surface area (Å²) in [6.07, 6.45) is 1.15. The zero-order chi connectivity index (χ0) is 13.1. The molecule has 1 aliphatic heterocycles. The van der Waals surface area contributed by atoms with E-state index in [2.05, 4.69) is 5.32 Å². The van der Waals surface area contributed by atoms with Gasteiger partial charge in [0.2, 0.25) is 0 Å². The second-order valence-corrected chi connectivity index (χ2v) is 4.92. The molecule has 0 saturated carbocycles. The second-order valence-electron chi connectivity index (χ2n) is 4.51. The number of nitrogens with two attached hydrogens (primary N) is 1. The van der Waals surface area contributed by atoms with Crippen molar-refractivity contribution in [1.29, 1.82) is 0 Å². The van der Waals surface area contributed by atoms with Crippen molar-refractivity contribution in [2.75, 3.05) is 11.9 Å². The predicted molar refractivity (Wildman–Crippen MR) is 71.8 cm³/mol. The maximum Gasteiger partial charge on any atom is 0.253 e. The van der Waals surface area contributed by atoms with Crippen molar-refractivity contribution < 1.29 is 9.53 Å². The number of halogens is 1. The van der Waals surface area contributed by atoms with Crippen molar-refractivity contribution in [3.63, 3.8) is 0 Å². The summed E-state index contributed by atoms with van der Waals surface area (Å²) in [6, 6.07) is 5.44. The molecular formula is C13H17ClN2O2. The standard InChI is InChI=1S/C13H17ClN2O2/c1-8-2-3-9(6-11(8)14)16-13(17)12-5-4-10(7-15)18-12/h2-3,6,10,12H,4-5,7,15H2,1H3,(H,16,17)/t10-,12+/m1/s1. The summed E-state index contributed by atoms with van der Waals surface area (Å²) in [7, 11) is 0. The first kappa shape index (κ1) is 13.3. The van der Waals surface area contributed by atoms with Crippen LogP contribution in [0.5, 0.6) is 0 Å². The summed E-state index contributed by atoms with van der Waals surface area (Å²) in [4.78, 5) is 12.0. The van der Waals surface area contributed by atoms with Gasteiger partial charge in [-0.3, -0.25) is 4.79 Å². The van der Waals surface area contributed by atoms with E-state index in [4.69, 9.17) is 22.1 Å². The Labute approximate surface area is 111 Å². The molecule has 1 amide bonds. The number of benzene rings is 1. The van der Waals surface area contributed by atoms with Gasteiger partial charge in [-0.2, -0.15) is 0 Å². The number of hydrogen-bond donors (Lipinski definition) is 2. The Morgan fingerprint density at radius 2 is 2.33 bits per heavy atom. The van der Waals surface area contributed by atoms with Crippen LogP contribution in [0.3, 0.4) is 0 Å². The lowest BCUT2D eigenvalue weighted by molar-refractivity contribution is -0.126. The van der Waals surface area contributed by atoms with Crippen molar-refractivity contribution in [3.05, 3.63) is 28.8 Å². The van der Waals surface area contributed by atoms with Gasteiger partial charge < -0.3 is 15.8 Å². The molecule has 0 bridgehead atoms. The number of carbonyl (C=O) groups is 1. The summed E-state index contributed by atoms with van der Waals surface area (Å²) >= 11 is 6.00. The van der Waals surface area contributed by atoms with E-state index in [9.17, 15) is 4.79 Å². The summed E-state index contributed by atoms with van der Waals surface area (Å²) in [5.41, 5.74) is 7.18. The lowest BCUT2D eigenvalue weighted by atomic mass is 10.2. The molecule has 0 spiro atoms. The fourth-order valence-electron chi connectivity index (χ4n) is 1.97. The van der Waals surface area contributed by atoms with Crippen LogP contribution in [0.2, 0.25) is 5.02 Å². The van der Waals surface area contributed by atoms with E-state index in [0.29, 0.717) is 23.7 Å². The van der Waals surface area contributed by atoms with Crippen LogP contribution in [-0.4, -0.2) is 24.7 Å². The number of amides is 1. The van der Waals surface area contributed by atoms with Gasteiger partial charge in [0.25, 0.3) is 5.91 Å². The van der Waals surface area contributed by atoms with Crippen molar-refractivity contribution in [3.8, 4) is 0 Å². The van der Waals surface area contributed by atoms with E-state index >= 15 is 0 Å². The fraction of sp³-hybridized carbons (Fsp3) is 0.462. The van der Waals surface area contributed by atoms with Crippen LogP contribution in [0.25, 0.3) is 0 Å². The summed E-state index contributed by atoms with van der Waals surface area (Å²) in [5, 5.41) is 3.45. The highest BCUT2D eigenvalue weighted by atomic mass is 35.5. The van der Waals surface area contributed by atoms with Gasteiger partial charge in [0.1, 0.15) is 6.10 Å². The minimum atomic E-state index is -0.404. The van der Waals surface area contributed by atoms with Crippen LogP contribution in [0, 0.1) is 6.92 Å². The van der Waals surface area contributed by atoms with Gasteiger partial charge in [-0.05, 0) is 37.5 Å². The fourth-order valence-corrected chi connectivity index (χ4v) is 2.15. The molecule has 1 aromatic rings. The number of nitrogens with one attached hydrogen (secondary N) is 1.